The third-order valence-corrected chi connectivity index (χ3v) is 14.9. The maximum absolute atomic E-state index is 2.37. The zero-order chi connectivity index (χ0) is 52.1. The molecule has 0 fully saturated rings. The Morgan fingerprint density at radius 3 is 1.14 bits per heavy atom. The predicted octanol–water partition coefficient (Wildman–Crippen LogP) is 22.3. The number of fused-ring (bicyclic) bond motifs is 8. The van der Waals surface area contributed by atoms with Crippen LogP contribution in [-0.4, -0.2) is 0 Å². The molecule has 15 rings (SSSR count). The van der Waals surface area contributed by atoms with Gasteiger partial charge in [-0.1, -0.05) is 304 Å². The predicted molar refractivity (Wildman–Crippen MR) is 330 cm³/mol. The van der Waals surface area contributed by atoms with Gasteiger partial charge in [-0.2, -0.15) is 0 Å². The van der Waals surface area contributed by atoms with Crippen molar-refractivity contribution in [3.8, 4) is 66.8 Å². The van der Waals surface area contributed by atoms with E-state index in [1.165, 1.54) is 132 Å². The maximum atomic E-state index is 2.37. The number of hydrogen-bond acceptors (Lipinski definition) is 0. The Labute approximate surface area is 539 Å². The van der Waals surface area contributed by atoms with Crippen LogP contribution in [0.25, 0.3) is 121 Å². The first-order valence-electron chi connectivity index (χ1n) is 27.2. The van der Waals surface area contributed by atoms with Gasteiger partial charge in [-0.15, -0.1) is 0 Å². The van der Waals surface area contributed by atoms with Crippen molar-refractivity contribution < 1.29 is 98.1 Å². The van der Waals surface area contributed by atoms with Crippen molar-refractivity contribution in [3.05, 3.63) is 266 Å². The molecule has 78 heavy (non-hydrogen) atoms. The first kappa shape index (κ1) is 60.4. The second-order valence-corrected chi connectivity index (χ2v) is 19.1. The fourth-order valence-corrected chi connectivity index (χ4v) is 11.7. The fourth-order valence-electron chi connectivity index (χ4n) is 11.7. The third-order valence-electron chi connectivity index (χ3n) is 14.9. The van der Waals surface area contributed by atoms with Crippen LogP contribution in [0.3, 0.4) is 0 Å². The third kappa shape index (κ3) is 11.1. The maximum Gasteiger partial charge on any atom is 0.0159 e. The van der Waals surface area contributed by atoms with Gasteiger partial charge in [0.15, 0.2) is 0 Å². The van der Waals surface area contributed by atoms with E-state index in [4.69, 9.17) is 0 Å². The second-order valence-electron chi connectivity index (χ2n) is 19.1. The van der Waals surface area contributed by atoms with Crippen molar-refractivity contribution >= 4 is 53.9 Å². The minimum atomic E-state index is 0. The van der Waals surface area contributed by atoms with E-state index in [-0.39, 0.29) is 104 Å². The quantitative estimate of drug-likeness (QED) is 0.122. The monoisotopic (exact) mass is 1230 g/mol. The molecule has 0 nitrogen and oxygen atoms in total. The Morgan fingerprint density at radius 1 is 0.218 bits per heavy atom. The molecule has 0 heterocycles. The number of benzene rings is 13. The summed E-state index contributed by atoms with van der Waals surface area (Å²) in [5.41, 5.74) is 18.9. The average molecular weight is 1230 g/mol. The Hall–Kier alpha value is -5.27. The van der Waals surface area contributed by atoms with Crippen LogP contribution in [0.2, 0.25) is 0 Å². The van der Waals surface area contributed by atoms with Gasteiger partial charge in [-0.05, 0) is 138 Å². The topological polar surface area (TPSA) is 0 Å². The molecular formula is C75H66Y3. The Morgan fingerprint density at radius 2 is 0.577 bits per heavy atom. The van der Waals surface area contributed by atoms with Crippen LogP contribution in [-0.2, 0) is 104 Å². The van der Waals surface area contributed by atoms with Gasteiger partial charge in [0.1, 0.15) is 0 Å². The smallest absolute Gasteiger partial charge is 0.0159 e. The molecule has 0 saturated heterocycles. The minimum Gasteiger partial charge on any atom is -0.0683 e. The van der Waals surface area contributed by atoms with Crippen LogP contribution < -0.4 is 0 Å². The standard InChI is InChI=1S/C26H16.C22H14.C21H18.3C2H6.3Y/c1-2-7-17(8-3-1)19-15-16-24-22-12-5-10-18-9-4-11-21(25(18)22)23-14-6-13-20(19)26(23)24;1-2-7-15(8-3-1)16-13-14-21-18-10-5-4-9-17(18)20-12-6-11-19(16)22(20)21;1-21(2)19-11-7-6-10-17(19)18-13-12-16(14-20(18)21)15-8-4-3-5-9-15;3*1-2;;;/h1-16H;1-14H;3-14H,1-2H3;3*1-2H3;;;. The van der Waals surface area contributed by atoms with Crippen molar-refractivity contribution in [2.45, 2.75) is 60.8 Å². The summed E-state index contributed by atoms with van der Waals surface area (Å²) >= 11 is 0. The first-order chi connectivity index (χ1) is 37.0. The molecule has 3 radical (unpaired) electrons. The summed E-state index contributed by atoms with van der Waals surface area (Å²) in [6.45, 7) is 16.7. The molecule has 0 unspecified atom stereocenters. The van der Waals surface area contributed by atoms with Gasteiger partial charge in [0.2, 0.25) is 0 Å². The molecule has 0 spiro atoms. The van der Waals surface area contributed by atoms with Crippen LogP contribution in [0.4, 0.5) is 0 Å². The van der Waals surface area contributed by atoms with Gasteiger partial charge in [0.25, 0.3) is 0 Å². The van der Waals surface area contributed by atoms with Crippen molar-refractivity contribution in [2.75, 3.05) is 0 Å². The molecule has 13 aromatic rings. The minimum absolute atomic E-state index is 0. The van der Waals surface area contributed by atoms with E-state index in [2.05, 4.69) is 269 Å². The van der Waals surface area contributed by atoms with Crippen molar-refractivity contribution in [1.82, 2.24) is 0 Å². The molecule has 375 valence electrons. The number of hydrogen-bond donors (Lipinski definition) is 0. The number of rotatable bonds is 3. The molecule has 0 bridgehead atoms. The van der Waals surface area contributed by atoms with Crippen LogP contribution in [0.15, 0.2) is 255 Å². The van der Waals surface area contributed by atoms with Crippen LogP contribution in [0.1, 0.15) is 66.5 Å². The largest absolute Gasteiger partial charge is 0.0683 e. The first-order valence-corrected chi connectivity index (χ1v) is 27.2. The van der Waals surface area contributed by atoms with E-state index in [9.17, 15) is 0 Å². The zero-order valence-corrected chi connectivity index (χ0v) is 55.0. The molecule has 0 amide bonds. The van der Waals surface area contributed by atoms with Gasteiger partial charge in [-0.3, -0.25) is 0 Å². The van der Waals surface area contributed by atoms with Gasteiger partial charge in [0, 0.05) is 104 Å². The van der Waals surface area contributed by atoms with Gasteiger partial charge >= 0.3 is 0 Å². The summed E-state index contributed by atoms with van der Waals surface area (Å²) in [6.07, 6.45) is 0. The normalized spacial score (nSPS) is 11.4. The Balaban J connectivity index is 0.000000160. The second kappa shape index (κ2) is 27.3. The molecule has 0 atom stereocenters. The zero-order valence-electron chi connectivity index (χ0n) is 46.5. The summed E-state index contributed by atoms with van der Waals surface area (Å²) in [6, 6.07) is 92.2. The fraction of sp³-hybridized carbons (Fsp3) is 0.120. The van der Waals surface area contributed by atoms with E-state index in [0.29, 0.717) is 0 Å². The summed E-state index contributed by atoms with van der Waals surface area (Å²) in [7, 11) is 0. The molecular weight excluding hydrogens is 1170 g/mol. The van der Waals surface area contributed by atoms with Crippen molar-refractivity contribution in [1.29, 1.82) is 0 Å². The Bertz CT molecular complexity index is 4000. The molecule has 0 saturated carbocycles. The molecule has 0 aromatic heterocycles. The molecule has 2 aliphatic rings. The molecule has 0 aliphatic heterocycles. The molecule has 0 N–H and O–H groups in total. The molecule has 2 aliphatic carbocycles. The van der Waals surface area contributed by atoms with Crippen LogP contribution >= 0.6 is 0 Å². The van der Waals surface area contributed by atoms with E-state index in [1.54, 1.807) is 0 Å². The van der Waals surface area contributed by atoms with E-state index < -0.39 is 0 Å². The van der Waals surface area contributed by atoms with Gasteiger partial charge in [-0.25, -0.2) is 0 Å². The SMILES string of the molecule is CC.CC.CC.CC1(C)c2ccccc2-c2ccc(-c3ccccc3)cc21.[Y].[Y].[Y].c1ccc(-c2ccc3c4c(cccc24)-c2ccccc2-3)cc1.c1ccc(-c2ccc3c4cccc5cccc(c6cccc2c63)c54)cc1. The van der Waals surface area contributed by atoms with E-state index >= 15 is 0 Å². The average Bonchev–Trinajstić information content (AvgIpc) is 4.09. The molecule has 3 heteroatoms. The summed E-state index contributed by atoms with van der Waals surface area (Å²) in [5, 5.41) is 13.5. The Kier molecular flexibility index (Phi) is 21.1. The summed E-state index contributed by atoms with van der Waals surface area (Å²) in [5.74, 6) is 0. The van der Waals surface area contributed by atoms with Crippen LogP contribution in [0, 0.1) is 0 Å². The van der Waals surface area contributed by atoms with Gasteiger partial charge < -0.3 is 0 Å². The summed E-state index contributed by atoms with van der Waals surface area (Å²) < 4.78 is 0. The van der Waals surface area contributed by atoms with E-state index in [1.807, 2.05) is 41.5 Å². The van der Waals surface area contributed by atoms with Crippen molar-refractivity contribution in [3.63, 3.8) is 0 Å². The van der Waals surface area contributed by atoms with Crippen molar-refractivity contribution in [2.24, 2.45) is 0 Å². The van der Waals surface area contributed by atoms with E-state index in [0.717, 1.165) is 0 Å². The van der Waals surface area contributed by atoms with Crippen LogP contribution in [0.5, 0.6) is 0 Å². The van der Waals surface area contributed by atoms with Gasteiger partial charge in [0.05, 0.1) is 0 Å². The molecule has 13 aromatic carbocycles. The summed E-state index contributed by atoms with van der Waals surface area (Å²) in [4.78, 5) is 0.